The van der Waals surface area contributed by atoms with Gasteiger partial charge in [0.1, 0.15) is 18.4 Å². The fourth-order valence-corrected chi connectivity index (χ4v) is 6.10. The minimum atomic E-state index is -4.26. The van der Waals surface area contributed by atoms with Gasteiger partial charge in [-0.15, -0.1) is 0 Å². The van der Waals surface area contributed by atoms with Crippen LogP contribution < -0.4 is 9.62 Å². The Bertz CT molecular complexity index is 1450. The summed E-state index contributed by atoms with van der Waals surface area (Å²) in [5.41, 5.74) is 1.37. The van der Waals surface area contributed by atoms with Crippen molar-refractivity contribution in [2.75, 3.05) is 17.4 Å². The normalized spacial score (nSPS) is 12.2. The number of carbonyl (C=O) groups is 2. The van der Waals surface area contributed by atoms with Crippen LogP contribution in [-0.2, 0) is 26.2 Å². The number of halogens is 3. The number of rotatable bonds is 12. The fraction of sp³-hybridized carbons (Fsp3) is 0.333. The molecule has 0 bridgehead atoms. The van der Waals surface area contributed by atoms with E-state index in [-0.39, 0.29) is 35.4 Å². The lowest BCUT2D eigenvalue weighted by Gasteiger charge is -2.33. The molecule has 3 aromatic carbocycles. The first-order valence-electron chi connectivity index (χ1n) is 13.2. The van der Waals surface area contributed by atoms with Crippen LogP contribution in [-0.4, -0.2) is 44.3 Å². The second kappa shape index (κ2) is 14.2. The van der Waals surface area contributed by atoms with Gasteiger partial charge in [-0.25, -0.2) is 12.8 Å². The van der Waals surface area contributed by atoms with Crippen LogP contribution in [0.1, 0.15) is 38.3 Å². The highest BCUT2D eigenvalue weighted by Gasteiger charge is 2.34. The van der Waals surface area contributed by atoms with Gasteiger partial charge < -0.3 is 10.2 Å². The molecule has 0 aliphatic carbocycles. The predicted octanol–water partition coefficient (Wildman–Crippen LogP) is 6.22. The van der Waals surface area contributed by atoms with Gasteiger partial charge in [-0.3, -0.25) is 13.9 Å². The van der Waals surface area contributed by atoms with Gasteiger partial charge in [-0.05, 0) is 67.8 Å². The zero-order valence-electron chi connectivity index (χ0n) is 23.4. The van der Waals surface area contributed by atoms with Crippen molar-refractivity contribution >= 4 is 50.7 Å². The van der Waals surface area contributed by atoms with Crippen molar-refractivity contribution in [1.29, 1.82) is 0 Å². The average molecular weight is 623 g/mol. The summed E-state index contributed by atoms with van der Waals surface area (Å²) in [4.78, 5) is 28.6. The topological polar surface area (TPSA) is 86.8 Å². The summed E-state index contributed by atoms with van der Waals surface area (Å²) in [6.45, 7) is 7.09. The zero-order chi connectivity index (χ0) is 30.3. The van der Waals surface area contributed by atoms with E-state index in [1.165, 1.54) is 29.2 Å². The fourth-order valence-electron chi connectivity index (χ4n) is 4.17. The summed E-state index contributed by atoms with van der Waals surface area (Å²) in [6, 6.07) is 15.0. The molecule has 3 rings (SSSR count). The second-order valence-corrected chi connectivity index (χ2v) is 12.8. The van der Waals surface area contributed by atoms with E-state index in [0.29, 0.717) is 22.2 Å². The molecule has 0 spiro atoms. The Hall–Kier alpha value is -3.14. The molecule has 11 heteroatoms. The molecule has 0 unspecified atom stereocenters. The highest BCUT2D eigenvalue weighted by atomic mass is 35.5. The van der Waals surface area contributed by atoms with Crippen LogP contribution in [0.5, 0.6) is 0 Å². The molecule has 1 atom stereocenters. The largest absolute Gasteiger partial charge is 0.354 e. The van der Waals surface area contributed by atoms with Gasteiger partial charge in [0, 0.05) is 28.7 Å². The predicted molar refractivity (Wildman–Crippen MR) is 161 cm³/mol. The first-order chi connectivity index (χ1) is 19.3. The number of hydrogen-bond donors (Lipinski definition) is 1. The van der Waals surface area contributed by atoms with Crippen molar-refractivity contribution < 1.29 is 22.4 Å². The number of nitrogens with one attached hydrogen (secondary N) is 1. The van der Waals surface area contributed by atoms with E-state index in [2.05, 4.69) is 5.32 Å². The number of benzene rings is 3. The maximum absolute atomic E-state index is 14.1. The Labute approximate surface area is 251 Å². The van der Waals surface area contributed by atoms with Gasteiger partial charge in [0.05, 0.1) is 10.6 Å². The van der Waals surface area contributed by atoms with Crippen molar-refractivity contribution in [1.82, 2.24) is 10.2 Å². The van der Waals surface area contributed by atoms with Gasteiger partial charge in [0.2, 0.25) is 11.8 Å². The molecule has 0 aliphatic heterocycles. The molecule has 0 aromatic heterocycles. The summed E-state index contributed by atoms with van der Waals surface area (Å²) in [7, 11) is -4.26. The van der Waals surface area contributed by atoms with Gasteiger partial charge in [-0.1, -0.05) is 67.7 Å². The van der Waals surface area contributed by atoms with E-state index in [1.807, 2.05) is 20.8 Å². The Morgan fingerprint density at radius 1 is 0.951 bits per heavy atom. The van der Waals surface area contributed by atoms with Gasteiger partial charge in [-0.2, -0.15) is 0 Å². The van der Waals surface area contributed by atoms with E-state index in [4.69, 9.17) is 23.2 Å². The molecule has 1 N–H and O–H groups in total. The summed E-state index contributed by atoms with van der Waals surface area (Å²) in [5.74, 6) is -1.43. The monoisotopic (exact) mass is 621 g/mol. The molecule has 0 radical (unpaired) electrons. The molecule has 0 saturated heterocycles. The van der Waals surface area contributed by atoms with Crippen LogP contribution in [0.25, 0.3) is 0 Å². The maximum atomic E-state index is 14.1. The lowest BCUT2D eigenvalue weighted by atomic mass is 10.1. The van der Waals surface area contributed by atoms with Crippen LogP contribution in [0.2, 0.25) is 10.0 Å². The number of sulfonamides is 1. The zero-order valence-corrected chi connectivity index (χ0v) is 25.7. The summed E-state index contributed by atoms with van der Waals surface area (Å²) in [6.07, 6.45) is 0.249. The van der Waals surface area contributed by atoms with Gasteiger partial charge in [0.25, 0.3) is 10.0 Å². The molecule has 0 saturated carbocycles. The summed E-state index contributed by atoms with van der Waals surface area (Å²) >= 11 is 12.9. The van der Waals surface area contributed by atoms with Crippen molar-refractivity contribution in [3.63, 3.8) is 0 Å². The third-order valence-electron chi connectivity index (χ3n) is 6.46. The standard InChI is InChI=1S/C30H34Cl2FN3O4S/c1-5-28(30(38)34-17-20(2)3)35(18-25-26(31)7-6-8-27(25)32)29(37)19-36(23-13-11-22(33)12-14-23)41(39,40)24-15-9-21(4)10-16-24/h6-16,20,28H,5,17-19H2,1-4H3,(H,34,38)/t28-/m0/s1. The summed E-state index contributed by atoms with van der Waals surface area (Å²) in [5, 5.41) is 3.47. The van der Waals surface area contributed by atoms with E-state index in [9.17, 15) is 22.4 Å². The molecule has 3 aromatic rings. The van der Waals surface area contributed by atoms with E-state index < -0.39 is 34.3 Å². The van der Waals surface area contributed by atoms with E-state index >= 15 is 0 Å². The Kier molecular flexibility index (Phi) is 11.2. The molecular weight excluding hydrogens is 588 g/mol. The SMILES string of the molecule is CC[C@@H](C(=O)NCC(C)C)N(Cc1c(Cl)cccc1Cl)C(=O)CN(c1ccc(F)cc1)S(=O)(=O)c1ccc(C)cc1. The maximum Gasteiger partial charge on any atom is 0.264 e. The number of carbonyl (C=O) groups excluding carboxylic acids is 2. The van der Waals surface area contributed by atoms with Crippen molar-refractivity contribution in [2.45, 2.75) is 51.6 Å². The number of anilines is 1. The highest BCUT2D eigenvalue weighted by molar-refractivity contribution is 7.92. The molecule has 220 valence electrons. The molecule has 0 heterocycles. The Morgan fingerprint density at radius 2 is 1.54 bits per heavy atom. The van der Waals surface area contributed by atoms with E-state index in [0.717, 1.165) is 22.0 Å². The first kappa shape index (κ1) is 32.4. The number of amides is 2. The number of aryl methyl sites for hydroxylation is 1. The molecule has 0 fully saturated rings. The highest BCUT2D eigenvalue weighted by Crippen LogP contribution is 2.29. The van der Waals surface area contributed by atoms with Crippen molar-refractivity contribution in [3.8, 4) is 0 Å². The number of hydrogen-bond acceptors (Lipinski definition) is 4. The van der Waals surface area contributed by atoms with Crippen LogP contribution in [0, 0.1) is 18.7 Å². The Balaban J connectivity index is 2.08. The quantitative estimate of drug-likeness (QED) is 0.260. The van der Waals surface area contributed by atoms with Gasteiger partial charge >= 0.3 is 0 Å². The third kappa shape index (κ3) is 8.21. The lowest BCUT2D eigenvalue weighted by Crippen LogP contribution is -2.52. The first-order valence-corrected chi connectivity index (χ1v) is 15.4. The second-order valence-electron chi connectivity index (χ2n) is 10.1. The third-order valence-corrected chi connectivity index (χ3v) is 8.96. The van der Waals surface area contributed by atoms with Crippen LogP contribution in [0.15, 0.2) is 71.6 Å². The minimum Gasteiger partial charge on any atom is -0.354 e. The number of nitrogens with zero attached hydrogens (tertiary/aromatic N) is 2. The lowest BCUT2D eigenvalue weighted by molar-refractivity contribution is -0.140. The van der Waals surface area contributed by atoms with Gasteiger partial charge in [0.15, 0.2) is 0 Å². The molecule has 2 amide bonds. The molecule has 0 aliphatic rings. The molecule has 41 heavy (non-hydrogen) atoms. The van der Waals surface area contributed by atoms with Crippen molar-refractivity contribution in [2.24, 2.45) is 5.92 Å². The Morgan fingerprint density at radius 3 is 2.07 bits per heavy atom. The smallest absolute Gasteiger partial charge is 0.264 e. The van der Waals surface area contributed by atoms with Crippen molar-refractivity contribution in [3.05, 3.63) is 93.7 Å². The summed E-state index contributed by atoms with van der Waals surface area (Å²) < 4.78 is 42.4. The molecule has 7 nitrogen and oxygen atoms in total. The molecular formula is C30H34Cl2FN3O4S. The van der Waals surface area contributed by atoms with Crippen LogP contribution in [0.3, 0.4) is 0 Å². The van der Waals surface area contributed by atoms with E-state index in [1.54, 1.807) is 37.3 Å². The average Bonchev–Trinajstić information content (AvgIpc) is 2.92. The minimum absolute atomic E-state index is 0.0392. The van der Waals surface area contributed by atoms with Crippen LogP contribution >= 0.6 is 23.2 Å². The van der Waals surface area contributed by atoms with Crippen LogP contribution in [0.4, 0.5) is 10.1 Å².